The highest BCUT2D eigenvalue weighted by Gasteiger charge is 2.16. The summed E-state index contributed by atoms with van der Waals surface area (Å²) in [7, 11) is 1.47. The predicted octanol–water partition coefficient (Wildman–Crippen LogP) is 2.98. The molecule has 0 aromatic carbocycles. The van der Waals surface area contributed by atoms with Gasteiger partial charge in [0.05, 0.1) is 18.6 Å². The van der Waals surface area contributed by atoms with Gasteiger partial charge in [0.15, 0.2) is 0 Å². The topological polar surface area (TPSA) is 77.3 Å². The second-order valence-corrected chi connectivity index (χ2v) is 5.22. The van der Waals surface area contributed by atoms with E-state index in [4.69, 9.17) is 4.74 Å². The van der Waals surface area contributed by atoms with E-state index in [2.05, 4.69) is 10.3 Å². The second-order valence-electron chi connectivity index (χ2n) is 3.84. The van der Waals surface area contributed by atoms with Crippen molar-refractivity contribution in [1.29, 1.82) is 0 Å². The van der Waals surface area contributed by atoms with Crippen molar-refractivity contribution >= 4 is 22.8 Å². The maximum absolute atomic E-state index is 10.9. The van der Waals surface area contributed by atoms with Crippen LogP contribution in [0.2, 0.25) is 0 Å². The summed E-state index contributed by atoms with van der Waals surface area (Å²) in [5, 5.41) is 13.9. The minimum absolute atomic E-state index is 0.0610. The highest BCUT2D eigenvalue weighted by molar-refractivity contribution is 7.11. The molecule has 2 aromatic rings. The van der Waals surface area contributed by atoms with Gasteiger partial charge in [0, 0.05) is 21.9 Å². The number of nitrogens with one attached hydrogen (secondary N) is 1. The Morgan fingerprint density at radius 3 is 2.79 bits per heavy atom. The van der Waals surface area contributed by atoms with Gasteiger partial charge < -0.3 is 10.1 Å². The predicted molar refractivity (Wildman–Crippen MR) is 73.8 cm³/mol. The third kappa shape index (κ3) is 3.19. The van der Waals surface area contributed by atoms with E-state index in [0.717, 1.165) is 4.88 Å². The van der Waals surface area contributed by atoms with Gasteiger partial charge in [0.2, 0.25) is 11.7 Å². The van der Waals surface area contributed by atoms with E-state index in [0.29, 0.717) is 12.4 Å². The summed E-state index contributed by atoms with van der Waals surface area (Å²) in [5.41, 5.74) is -0.0610. The molecule has 0 aliphatic rings. The molecule has 0 saturated heterocycles. The molecule has 0 aliphatic carbocycles. The summed E-state index contributed by atoms with van der Waals surface area (Å²) in [4.78, 5) is 16.8. The average molecular weight is 279 g/mol. The van der Waals surface area contributed by atoms with Crippen molar-refractivity contribution in [2.45, 2.75) is 13.5 Å². The molecular weight excluding hydrogens is 266 g/mol. The van der Waals surface area contributed by atoms with Crippen molar-refractivity contribution in [2.24, 2.45) is 0 Å². The quantitative estimate of drug-likeness (QED) is 0.672. The zero-order valence-corrected chi connectivity index (χ0v) is 11.4. The van der Waals surface area contributed by atoms with Gasteiger partial charge in [-0.25, -0.2) is 0 Å². The largest absolute Gasteiger partial charge is 0.481 e. The van der Waals surface area contributed by atoms with E-state index in [9.17, 15) is 10.1 Å². The normalized spacial score (nSPS) is 10.2. The first-order valence-corrected chi connectivity index (χ1v) is 6.40. The molecule has 6 nitrogen and oxygen atoms in total. The zero-order chi connectivity index (χ0) is 13.8. The molecule has 0 amide bonds. The lowest BCUT2D eigenvalue weighted by atomic mass is 10.3. The number of hydrogen-bond donors (Lipinski definition) is 1. The Kier molecular flexibility index (Phi) is 3.96. The summed E-state index contributed by atoms with van der Waals surface area (Å²) < 4.78 is 4.97. The number of aryl methyl sites for hydroxylation is 1. The van der Waals surface area contributed by atoms with E-state index >= 15 is 0 Å². The van der Waals surface area contributed by atoms with Crippen LogP contribution in [0.1, 0.15) is 9.75 Å². The van der Waals surface area contributed by atoms with Gasteiger partial charge in [-0.2, -0.15) is 4.98 Å². The summed E-state index contributed by atoms with van der Waals surface area (Å²) in [5.74, 6) is 0.561. The summed E-state index contributed by atoms with van der Waals surface area (Å²) >= 11 is 1.64. The molecular formula is C12H13N3O3S. The van der Waals surface area contributed by atoms with Gasteiger partial charge in [-0.1, -0.05) is 0 Å². The first-order valence-electron chi connectivity index (χ1n) is 5.59. The van der Waals surface area contributed by atoms with Crippen LogP contribution in [0.25, 0.3) is 0 Å². The Morgan fingerprint density at radius 2 is 2.21 bits per heavy atom. The van der Waals surface area contributed by atoms with Crippen molar-refractivity contribution in [3.63, 3.8) is 0 Å². The molecule has 2 aromatic heterocycles. The Bertz CT molecular complexity index is 598. The number of ether oxygens (including phenoxy) is 1. The molecule has 0 spiro atoms. The molecule has 0 bridgehead atoms. The minimum Gasteiger partial charge on any atom is -0.481 e. The Hall–Kier alpha value is -2.15. The van der Waals surface area contributed by atoms with Gasteiger partial charge in [-0.3, -0.25) is 10.1 Å². The number of aromatic nitrogens is 1. The maximum atomic E-state index is 10.9. The fourth-order valence-corrected chi connectivity index (χ4v) is 2.41. The van der Waals surface area contributed by atoms with Gasteiger partial charge in [-0.05, 0) is 19.1 Å². The third-order valence-corrected chi connectivity index (χ3v) is 3.48. The zero-order valence-electron chi connectivity index (χ0n) is 10.5. The molecule has 19 heavy (non-hydrogen) atoms. The van der Waals surface area contributed by atoms with Crippen LogP contribution in [0.3, 0.4) is 0 Å². The van der Waals surface area contributed by atoms with Crippen LogP contribution in [-0.4, -0.2) is 17.0 Å². The molecule has 0 fully saturated rings. The van der Waals surface area contributed by atoms with Crippen LogP contribution in [-0.2, 0) is 6.54 Å². The molecule has 2 rings (SSSR count). The van der Waals surface area contributed by atoms with Crippen LogP contribution >= 0.6 is 11.3 Å². The summed E-state index contributed by atoms with van der Waals surface area (Å²) in [6.45, 7) is 2.51. The van der Waals surface area contributed by atoms with Crippen molar-refractivity contribution < 1.29 is 9.66 Å². The molecule has 0 radical (unpaired) electrons. The van der Waals surface area contributed by atoms with E-state index in [1.54, 1.807) is 11.3 Å². The Morgan fingerprint density at radius 1 is 1.42 bits per heavy atom. The number of anilines is 1. The first kappa shape index (κ1) is 13.3. The van der Waals surface area contributed by atoms with Gasteiger partial charge in [-0.15, -0.1) is 11.3 Å². The SMILES string of the molecule is COc1ccc([N+](=O)[O-])c(NCc2ccc(C)s2)n1. The number of rotatable bonds is 5. The number of pyridine rings is 1. The first-order chi connectivity index (χ1) is 9.10. The van der Waals surface area contributed by atoms with E-state index < -0.39 is 4.92 Å². The van der Waals surface area contributed by atoms with Crippen LogP contribution in [0.4, 0.5) is 11.5 Å². The summed E-state index contributed by atoms with van der Waals surface area (Å²) in [6, 6.07) is 6.85. The Labute approximate surface area is 114 Å². The van der Waals surface area contributed by atoms with Gasteiger partial charge in [0.1, 0.15) is 0 Å². The van der Waals surface area contributed by atoms with Crippen LogP contribution in [0, 0.1) is 17.0 Å². The standard InChI is InChI=1S/C12H13N3O3S/c1-8-3-4-9(19-8)7-13-12-10(15(16)17)5-6-11(14-12)18-2/h3-6H,7H2,1-2H3,(H,13,14). The molecule has 2 heterocycles. The molecule has 7 heteroatoms. The molecule has 0 atom stereocenters. The number of hydrogen-bond acceptors (Lipinski definition) is 6. The maximum Gasteiger partial charge on any atom is 0.311 e. The number of nitro groups is 1. The van der Waals surface area contributed by atoms with Gasteiger partial charge in [0.25, 0.3) is 0 Å². The van der Waals surface area contributed by atoms with Crippen LogP contribution in [0.5, 0.6) is 5.88 Å². The lowest BCUT2D eigenvalue weighted by molar-refractivity contribution is -0.384. The number of thiophene rings is 1. The van der Waals surface area contributed by atoms with Crippen molar-refractivity contribution in [1.82, 2.24) is 4.98 Å². The average Bonchev–Trinajstić information content (AvgIpc) is 2.81. The van der Waals surface area contributed by atoms with Crippen LogP contribution in [0.15, 0.2) is 24.3 Å². The molecule has 0 aliphatic heterocycles. The van der Waals surface area contributed by atoms with Gasteiger partial charge >= 0.3 is 5.69 Å². The number of nitrogens with zero attached hydrogens (tertiary/aromatic N) is 2. The smallest absolute Gasteiger partial charge is 0.311 e. The molecule has 0 unspecified atom stereocenters. The third-order valence-electron chi connectivity index (χ3n) is 2.48. The second kappa shape index (κ2) is 5.66. The van der Waals surface area contributed by atoms with Crippen molar-refractivity contribution in [2.75, 3.05) is 12.4 Å². The fourth-order valence-electron chi connectivity index (χ4n) is 1.58. The molecule has 1 N–H and O–H groups in total. The highest BCUT2D eigenvalue weighted by atomic mass is 32.1. The Balaban J connectivity index is 2.19. The lowest BCUT2D eigenvalue weighted by Gasteiger charge is -2.06. The van der Waals surface area contributed by atoms with Crippen LogP contribution < -0.4 is 10.1 Å². The molecule has 0 saturated carbocycles. The monoisotopic (exact) mass is 279 g/mol. The lowest BCUT2D eigenvalue weighted by Crippen LogP contribution is -2.04. The van der Waals surface area contributed by atoms with Crippen molar-refractivity contribution in [3.05, 3.63) is 44.1 Å². The van der Waals surface area contributed by atoms with E-state index in [-0.39, 0.29) is 11.5 Å². The van der Waals surface area contributed by atoms with E-state index in [1.807, 2.05) is 19.1 Å². The fraction of sp³-hybridized carbons (Fsp3) is 0.250. The highest BCUT2D eigenvalue weighted by Crippen LogP contribution is 2.26. The van der Waals surface area contributed by atoms with Crippen molar-refractivity contribution in [3.8, 4) is 5.88 Å². The molecule has 100 valence electrons. The summed E-state index contributed by atoms with van der Waals surface area (Å²) in [6.07, 6.45) is 0. The minimum atomic E-state index is -0.464. The van der Waals surface area contributed by atoms with E-state index in [1.165, 1.54) is 24.1 Å². The number of methoxy groups -OCH3 is 1.